The Morgan fingerprint density at radius 1 is 1.33 bits per heavy atom. The van der Waals surface area contributed by atoms with E-state index in [-0.39, 0.29) is 11.8 Å². The fraction of sp³-hybridized carbons (Fsp3) is 0.400. The van der Waals surface area contributed by atoms with E-state index in [9.17, 15) is 8.42 Å². The molecule has 5 heteroatoms. The van der Waals surface area contributed by atoms with Crippen molar-refractivity contribution in [1.29, 1.82) is 0 Å². The molecule has 15 heavy (non-hydrogen) atoms. The maximum Gasteiger partial charge on any atom is 0.216 e. The van der Waals surface area contributed by atoms with Gasteiger partial charge in [-0.05, 0) is 5.56 Å². The summed E-state index contributed by atoms with van der Waals surface area (Å²) in [7, 11) is -3.13. The van der Waals surface area contributed by atoms with Crippen molar-refractivity contribution in [3.63, 3.8) is 0 Å². The van der Waals surface area contributed by atoms with E-state index < -0.39 is 10.0 Å². The van der Waals surface area contributed by atoms with Crippen LogP contribution in [-0.4, -0.2) is 31.1 Å². The number of hydrogen-bond donors (Lipinski definition) is 1. The van der Waals surface area contributed by atoms with Crippen molar-refractivity contribution in [2.45, 2.75) is 12.6 Å². The van der Waals surface area contributed by atoms with Gasteiger partial charge in [0.25, 0.3) is 0 Å². The molecular weight excluding hydrogens is 212 g/mol. The largest absolute Gasteiger partial charge is 0.326 e. The van der Waals surface area contributed by atoms with Gasteiger partial charge in [-0.25, -0.2) is 8.42 Å². The molecule has 1 saturated heterocycles. The van der Waals surface area contributed by atoms with Crippen LogP contribution in [0.25, 0.3) is 0 Å². The topological polar surface area (TPSA) is 63.4 Å². The molecule has 1 aliphatic rings. The number of rotatable bonds is 2. The summed E-state index contributed by atoms with van der Waals surface area (Å²) in [6, 6.07) is 9.29. The molecule has 1 aliphatic heterocycles. The normalized spacial score (nSPS) is 25.5. The Hall–Kier alpha value is -0.910. The summed E-state index contributed by atoms with van der Waals surface area (Å²) in [5.41, 5.74) is 6.63. The molecule has 1 aromatic rings. The van der Waals surface area contributed by atoms with Gasteiger partial charge in [-0.1, -0.05) is 30.3 Å². The smallest absolute Gasteiger partial charge is 0.216 e. The highest BCUT2D eigenvalue weighted by Crippen LogP contribution is 2.16. The lowest BCUT2D eigenvalue weighted by molar-refractivity contribution is 0.426. The first kappa shape index (κ1) is 10.6. The van der Waals surface area contributed by atoms with E-state index in [4.69, 9.17) is 5.73 Å². The highest BCUT2D eigenvalue weighted by atomic mass is 32.2. The molecule has 0 radical (unpaired) electrons. The molecule has 1 aromatic carbocycles. The number of nitrogens with two attached hydrogens (primary N) is 1. The standard InChI is InChI=1S/C10H14N2O2S/c11-10-7-12(15(13,14)8-10)6-9-4-2-1-3-5-9/h1-5,10H,6-8,11H2/t10-/m0/s1. The third kappa shape index (κ3) is 2.37. The Kier molecular flexibility index (Phi) is 2.77. The minimum Gasteiger partial charge on any atom is -0.326 e. The van der Waals surface area contributed by atoms with E-state index in [0.29, 0.717) is 13.1 Å². The average Bonchev–Trinajstić information content (AvgIpc) is 2.41. The molecule has 1 atom stereocenters. The summed E-state index contributed by atoms with van der Waals surface area (Å²) >= 11 is 0. The molecule has 0 saturated carbocycles. The van der Waals surface area contributed by atoms with Gasteiger partial charge in [-0.15, -0.1) is 0 Å². The molecule has 0 aromatic heterocycles. The quantitative estimate of drug-likeness (QED) is 0.781. The lowest BCUT2D eigenvalue weighted by Gasteiger charge is -2.13. The van der Waals surface area contributed by atoms with Gasteiger partial charge >= 0.3 is 0 Å². The first-order valence-corrected chi connectivity index (χ1v) is 6.46. The van der Waals surface area contributed by atoms with Crippen molar-refractivity contribution in [2.75, 3.05) is 12.3 Å². The molecule has 0 unspecified atom stereocenters. The fourth-order valence-electron chi connectivity index (χ4n) is 1.75. The molecular formula is C10H14N2O2S. The van der Waals surface area contributed by atoms with Gasteiger partial charge in [0.05, 0.1) is 5.75 Å². The first-order valence-electron chi connectivity index (χ1n) is 4.85. The van der Waals surface area contributed by atoms with E-state index in [1.54, 1.807) is 0 Å². The zero-order chi connectivity index (χ0) is 10.9. The van der Waals surface area contributed by atoms with E-state index in [1.807, 2.05) is 30.3 Å². The van der Waals surface area contributed by atoms with Gasteiger partial charge in [0.2, 0.25) is 10.0 Å². The molecule has 1 heterocycles. The van der Waals surface area contributed by atoms with Crippen LogP contribution < -0.4 is 5.73 Å². The number of nitrogens with zero attached hydrogens (tertiary/aromatic N) is 1. The zero-order valence-electron chi connectivity index (χ0n) is 8.33. The number of benzene rings is 1. The molecule has 4 nitrogen and oxygen atoms in total. The lowest BCUT2D eigenvalue weighted by atomic mass is 10.2. The SMILES string of the molecule is N[C@H]1CN(Cc2ccccc2)S(=O)(=O)C1. The van der Waals surface area contributed by atoms with Crippen LogP contribution in [0.4, 0.5) is 0 Å². The highest BCUT2D eigenvalue weighted by Gasteiger charge is 2.33. The summed E-state index contributed by atoms with van der Waals surface area (Å²) < 4.78 is 24.7. The Morgan fingerprint density at radius 2 is 2.00 bits per heavy atom. The van der Waals surface area contributed by atoms with Crippen LogP contribution in [0, 0.1) is 0 Å². The third-order valence-corrected chi connectivity index (χ3v) is 4.37. The maximum absolute atomic E-state index is 11.6. The highest BCUT2D eigenvalue weighted by molar-refractivity contribution is 7.89. The summed E-state index contributed by atoms with van der Waals surface area (Å²) in [4.78, 5) is 0. The molecule has 0 spiro atoms. The molecule has 2 N–H and O–H groups in total. The second-order valence-corrected chi connectivity index (χ2v) is 5.83. The van der Waals surface area contributed by atoms with Crippen LogP contribution in [0.2, 0.25) is 0 Å². The van der Waals surface area contributed by atoms with Crippen LogP contribution in [0.5, 0.6) is 0 Å². The van der Waals surface area contributed by atoms with Gasteiger partial charge in [0.1, 0.15) is 0 Å². The van der Waals surface area contributed by atoms with Gasteiger partial charge in [0, 0.05) is 19.1 Å². The molecule has 2 rings (SSSR count). The third-order valence-electron chi connectivity index (χ3n) is 2.46. The van der Waals surface area contributed by atoms with Gasteiger partial charge in [-0.2, -0.15) is 4.31 Å². The van der Waals surface area contributed by atoms with E-state index in [2.05, 4.69) is 0 Å². The van der Waals surface area contributed by atoms with Gasteiger partial charge in [0.15, 0.2) is 0 Å². The summed E-state index contributed by atoms with van der Waals surface area (Å²) in [6.07, 6.45) is 0. The van der Waals surface area contributed by atoms with Crippen LogP contribution in [0.3, 0.4) is 0 Å². The molecule has 0 bridgehead atoms. The Balaban J connectivity index is 2.14. The van der Waals surface area contributed by atoms with Crippen molar-refractivity contribution < 1.29 is 8.42 Å². The van der Waals surface area contributed by atoms with Gasteiger partial charge < -0.3 is 5.73 Å². The average molecular weight is 226 g/mol. The Labute approximate surface area is 89.7 Å². The number of hydrogen-bond acceptors (Lipinski definition) is 3. The van der Waals surface area contributed by atoms with Crippen molar-refractivity contribution >= 4 is 10.0 Å². The van der Waals surface area contributed by atoms with E-state index in [0.717, 1.165) is 5.56 Å². The van der Waals surface area contributed by atoms with E-state index >= 15 is 0 Å². The first-order chi connectivity index (χ1) is 7.08. The Morgan fingerprint density at radius 3 is 2.53 bits per heavy atom. The van der Waals surface area contributed by atoms with Crippen LogP contribution in [0.1, 0.15) is 5.56 Å². The Bertz CT molecular complexity index is 430. The fourth-order valence-corrected chi connectivity index (χ4v) is 3.38. The summed E-state index contributed by atoms with van der Waals surface area (Å²) in [5, 5.41) is 0. The molecule has 0 aliphatic carbocycles. The van der Waals surface area contributed by atoms with Crippen molar-refractivity contribution in [2.24, 2.45) is 5.73 Å². The van der Waals surface area contributed by atoms with Crippen LogP contribution in [-0.2, 0) is 16.6 Å². The molecule has 1 fully saturated rings. The van der Waals surface area contributed by atoms with Gasteiger partial charge in [-0.3, -0.25) is 0 Å². The zero-order valence-corrected chi connectivity index (χ0v) is 9.15. The monoisotopic (exact) mass is 226 g/mol. The second kappa shape index (κ2) is 3.92. The van der Waals surface area contributed by atoms with E-state index in [1.165, 1.54) is 4.31 Å². The van der Waals surface area contributed by atoms with Crippen LogP contribution >= 0.6 is 0 Å². The van der Waals surface area contributed by atoms with Crippen molar-refractivity contribution in [3.05, 3.63) is 35.9 Å². The van der Waals surface area contributed by atoms with Crippen molar-refractivity contribution in [1.82, 2.24) is 4.31 Å². The summed E-state index contributed by atoms with van der Waals surface area (Å²) in [6.45, 7) is 0.855. The van der Waals surface area contributed by atoms with Crippen molar-refractivity contribution in [3.8, 4) is 0 Å². The number of sulfonamides is 1. The maximum atomic E-state index is 11.6. The predicted octanol–water partition coefficient (Wildman–Crippen LogP) is 0.159. The second-order valence-electron chi connectivity index (χ2n) is 3.82. The lowest BCUT2D eigenvalue weighted by Crippen LogP contribution is -2.27. The minimum atomic E-state index is -3.13. The predicted molar refractivity (Wildman–Crippen MR) is 58.6 cm³/mol. The van der Waals surface area contributed by atoms with Crippen LogP contribution in [0.15, 0.2) is 30.3 Å². The molecule has 82 valence electrons. The summed E-state index contributed by atoms with van der Waals surface area (Å²) in [5.74, 6) is 0.0693. The minimum absolute atomic E-state index is 0.0693. The molecule has 0 amide bonds.